The van der Waals surface area contributed by atoms with Crippen molar-refractivity contribution in [1.29, 1.82) is 0 Å². The number of amides is 4. The monoisotopic (exact) mass is 661 g/mol. The van der Waals surface area contributed by atoms with Crippen molar-refractivity contribution in [3.05, 3.63) is 107 Å². The molecule has 2 aliphatic heterocycles. The van der Waals surface area contributed by atoms with E-state index in [2.05, 4.69) is 5.43 Å². The molecule has 2 heterocycles. The molecule has 0 radical (unpaired) electrons. The number of likely N-dealkylation sites (tertiary alicyclic amines) is 1. The molecular formula is C39H39N3O7. The highest BCUT2D eigenvalue weighted by molar-refractivity contribution is 6.13. The van der Waals surface area contributed by atoms with Crippen LogP contribution in [-0.4, -0.2) is 56.3 Å². The standard InChI is InChI=1S/C39H39N3O7/c1-23-15-17-25(18-16-23)40-42-36(47)30-22-29-26(19-20-28-33(29)37(48)41(35(28)46)21-9-3-6-14-32(44)45)34(27-12-7-8-13-31(27)43)39(30,38(42)49)24-10-4-2-5-11-24/h2,4-5,7-8,10-13,15-19,28-30,33-34,40,43H,3,6,9,14,20-22H2,1H3,(H,44,45)/t28-,29+,30-,33-,34+,39+/m0/s1. The van der Waals surface area contributed by atoms with Crippen molar-refractivity contribution in [2.24, 2.45) is 23.7 Å². The Hall–Kier alpha value is -5.25. The van der Waals surface area contributed by atoms with E-state index < -0.39 is 52.8 Å². The maximum absolute atomic E-state index is 15.1. The number of para-hydroxylation sites is 1. The zero-order chi connectivity index (χ0) is 34.4. The van der Waals surface area contributed by atoms with Gasteiger partial charge in [-0.05, 0) is 62.3 Å². The normalized spacial score (nSPS) is 27.4. The van der Waals surface area contributed by atoms with E-state index in [-0.39, 0.29) is 37.0 Å². The van der Waals surface area contributed by atoms with Gasteiger partial charge in [0, 0.05) is 24.4 Å². The Morgan fingerprint density at radius 1 is 0.857 bits per heavy atom. The second-order valence-corrected chi connectivity index (χ2v) is 13.7. The number of hydrazine groups is 1. The van der Waals surface area contributed by atoms with Gasteiger partial charge in [0.05, 0.1) is 28.9 Å². The number of carbonyl (C=O) groups excluding carboxylic acids is 4. The molecule has 3 N–H and O–H groups in total. The molecule has 3 fully saturated rings. The van der Waals surface area contributed by atoms with Gasteiger partial charge in [-0.25, -0.2) is 0 Å². The van der Waals surface area contributed by atoms with Gasteiger partial charge >= 0.3 is 5.97 Å². The van der Waals surface area contributed by atoms with E-state index in [4.69, 9.17) is 5.11 Å². The molecule has 2 aliphatic carbocycles. The number of aromatic hydroxyl groups is 1. The number of aliphatic carboxylic acids is 1. The van der Waals surface area contributed by atoms with Crippen LogP contribution in [0.2, 0.25) is 0 Å². The first-order valence-electron chi connectivity index (χ1n) is 17.0. The van der Waals surface area contributed by atoms with Crippen LogP contribution in [0.25, 0.3) is 0 Å². The van der Waals surface area contributed by atoms with Crippen LogP contribution in [0.15, 0.2) is 90.5 Å². The number of benzene rings is 3. The van der Waals surface area contributed by atoms with E-state index in [9.17, 15) is 24.3 Å². The molecule has 4 aliphatic rings. The highest BCUT2D eigenvalue weighted by atomic mass is 16.4. The fourth-order valence-corrected chi connectivity index (χ4v) is 8.83. The number of allylic oxidation sites excluding steroid dienone is 2. The van der Waals surface area contributed by atoms with Crippen LogP contribution in [-0.2, 0) is 29.4 Å². The Kier molecular flexibility index (Phi) is 8.34. The predicted molar refractivity (Wildman–Crippen MR) is 180 cm³/mol. The lowest BCUT2D eigenvalue weighted by atomic mass is 9.49. The number of hydrogen-bond acceptors (Lipinski definition) is 7. The number of nitrogens with zero attached hydrogens (tertiary/aromatic N) is 2. The van der Waals surface area contributed by atoms with E-state index >= 15 is 4.79 Å². The van der Waals surface area contributed by atoms with E-state index in [0.29, 0.717) is 42.5 Å². The molecule has 0 bridgehead atoms. The first-order chi connectivity index (χ1) is 23.6. The number of unbranched alkanes of at least 4 members (excludes halogenated alkanes) is 2. The lowest BCUT2D eigenvalue weighted by Gasteiger charge is -2.50. The second kappa shape index (κ2) is 12.7. The molecule has 49 heavy (non-hydrogen) atoms. The third-order valence-electron chi connectivity index (χ3n) is 11.0. The molecule has 2 saturated heterocycles. The first-order valence-corrected chi connectivity index (χ1v) is 17.0. The number of rotatable bonds is 10. The average molecular weight is 662 g/mol. The summed E-state index contributed by atoms with van der Waals surface area (Å²) in [7, 11) is 0. The van der Waals surface area contributed by atoms with Crippen LogP contribution < -0.4 is 5.43 Å². The number of imide groups is 2. The van der Waals surface area contributed by atoms with E-state index in [1.807, 2.05) is 55.5 Å². The number of carbonyl (C=O) groups is 5. The summed E-state index contributed by atoms with van der Waals surface area (Å²) in [6.45, 7) is 2.16. The summed E-state index contributed by atoms with van der Waals surface area (Å²) in [6.07, 6.45) is 4.01. The van der Waals surface area contributed by atoms with Gasteiger partial charge in [0.1, 0.15) is 5.75 Å². The maximum atomic E-state index is 15.1. The van der Waals surface area contributed by atoms with Crippen molar-refractivity contribution in [2.75, 3.05) is 12.0 Å². The fourth-order valence-electron chi connectivity index (χ4n) is 8.83. The van der Waals surface area contributed by atoms with Crippen LogP contribution >= 0.6 is 0 Å². The van der Waals surface area contributed by atoms with Crippen molar-refractivity contribution in [2.45, 2.75) is 56.8 Å². The zero-order valence-corrected chi connectivity index (χ0v) is 27.2. The Bertz CT molecular complexity index is 1860. The number of aryl methyl sites for hydroxylation is 1. The quantitative estimate of drug-likeness (QED) is 0.150. The Balaban J connectivity index is 1.33. The van der Waals surface area contributed by atoms with Gasteiger partial charge < -0.3 is 10.2 Å². The molecule has 0 aromatic heterocycles. The number of hydrogen-bond donors (Lipinski definition) is 3. The molecule has 3 aromatic rings. The van der Waals surface area contributed by atoms with Gasteiger partial charge in [0.2, 0.25) is 11.8 Å². The number of phenolic OH excluding ortho intramolecular Hbond substituents is 1. The lowest BCUT2D eigenvalue weighted by molar-refractivity contribution is -0.141. The first kappa shape index (κ1) is 32.3. The molecule has 6 atom stereocenters. The van der Waals surface area contributed by atoms with Gasteiger partial charge in [0.25, 0.3) is 11.8 Å². The van der Waals surface area contributed by atoms with Crippen molar-refractivity contribution in [1.82, 2.24) is 9.91 Å². The molecular weight excluding hydrogens is 622 g/mol. The Morgan fingerprint density at radius 3 is 2.29 bits per heavy atom. The molecule has 4 amide bonds. The number of phenols is 1. The Morgan fingerprint density at radius 2 is 1.57 bits per heavy atom. The summed E-state index contributed by atoms with van der Waals surface area (Å²) in [5.41, 5.74) is 5.13. The van der Waals surface area contributed by atoms with Gasteiger partial charge in [-0.1, -0.05) is 84.3 Å². The average Bonchev–Trinajstić information content (AvgIpc) is 3.47. The number of anilines is 1. The fraction of sp³-hybridized carbons (Fsp3) is 0.359. The van der Waals surface area contributed by atoms with Crippen molar-refractivity contribution in [3.8, 4) is 5.75 Å². The van der Waals surface area contributed by atoms with Crippen LogP contribution in [0.1, 0.15) is 61.1 Å². The van der Waals surface area contributed by atoms with Crippen LogP contribution in [0.3, 0.4) is 0 Å². The van der Waals surface area contributed by atoms with Crippen molar-refractivity contribution >= 4 is 35.3 Å². The second-order valence-electron chi connectivity index (χ2n) is 13.7. The summed E-state index contributed by atoms with van der Waals surface area (Å²) < 4.78 is 0. The predicted octanol–water partition coefficient (Wildman–Crippen LogP) is 5.33. The summed E-state index contributed by atoms with van der Waals surface area (Å²) >= 11 is 0. The van der Waals surface area contributed by atoms with Gasteiger partial charge in [-0.15, -0.1) is 0 Å². The summed E-state index contributed by atoms with van der Waals surface area (Å²) in [6, 6.07) is 23.4. The molecule has 1 saturated carbocycles. The lowest BCUT2D eigenvalue weighted by Crippen LogP contribution is -2.53. The number of carboxylic acids is 1. The highest BCUT2D eigenvalue weighted by Gasteiger charge is 2.70. The number of fused-ring (bicyclic) bond motifs is 4. The largest absolute Gasteiger partial charge is 0.508 e. The third kappa shape index (κ3) is 5.21. The van der Waals surface area contributed by atoms with E-state index in [1.54, 1.807) is 36.4 Å². The Labute approximate surface area is 284 Å². The smallest absolute Gasteiger partial charge is 0.303 e. The summed E-state index contributed by atoms with van der Waals surface area (Å²) in [4.78, 5) is 69.9. The topological polar surface area (TPSA) is 144 Å². The maximum Gasteiger partial charge on any atom is 0.303 e. The molecule has 252 valence electrons. The molecule has 7 rings (SSSR count). The van der Waals surface area contributed by atoms with Gasteiger partial charge in [-0.2, -0.15) is 5.01 Å². The van der Waals surface area contributed by atoms with Crippen LogP contribution in [0.5, 0.6) is 5.75 Å². The highest BCUT2D eigenvalue weighted by Crippen LogP contribution is 2.64. The number of nitrogens with one attached hydrogen (secondary N) is 1. The SMILES string of the molecule is Cc1ccc(NN2C(=O)[C@@H]3C[C@@H]4C(=CC[C@@H]5C(=O)N(CCCCCC(=O)O)C(=O)[C@@H]54)[C@H](c4ccccc4O)[C@]3(c3ccccc3)C2=O)cc1. The molecule has 10 heteroatoms. The van der Waals surface area contributed by atoms with Crippen LogP contribution in [0.4, 0.5) is 5.69 Å². The van der Waals surface area contributed by atoms with Gasteiger partial charge in [-0.3, -0.25) is 34.3 Å². The summed E-state index contributed by atoms with van der Waals surface area (Å²) in [5.74, 6) is -5.84. The minimum absolute atomic E-state index is 0.0211. The van der Waals surface area contributed by atoms with Gasteiger partial charge in [0.15, 0.2) is 0 Å². The summed E-state index contributed by atoms with van der Waals surface area (Å²) in [5, 5.41) is 21.5. The molecule has 0 spiro atoms. The third-order valence-corrected chi connectivity index (χ3v) is 11.0. The molecule has 3 aromatic carbocycles. The molecule has 0 unspecified atom stereocenters. The van der Waals surface area contributed by atoms with E-state index in [0.717, 1.165) is 16.1 Å². The van der Waals surface area contributed by atoms with Crippen LogP contribution in [0, 0.1) is 30.6 Å². The minimum atomic E-state index is -1.44. The zero-order valence-electron chi connectivity index (χ0n) is 27.2. The minimum Gasteiger partial charge on any atom is -0.508 e. The van der Waals surface area contributed by atoms with Crippen molar-refractivity contribution in [3.63, 3.8) is 0 Å². The molecule has 10 nitrogen and oxygen atoms in total. The van der Waals surface area contributed by atoms with E-state index in [1.165, 1.54) is 4.90 Å². The van der Waals surface area contributed by atoms with Crippen molar-refractivity contribution < 1.29 is 34.2 Å². The number of carboxylic acid groups (broad SMARTS) is 1.